The van der Waals surface area contributed by atoms with Crippen molar-refractivity contribution in [3.8, 4) is 5.75 Å². The molecule has 1 N–H and O–H groups in total. The van der Waals surface area contributed by atoms with Crippen molar-refractivity contribution in [2.75, 3.05) is 6.61 Å². The fraction of sp³-hybridized carbons (Fsp3) is 0.400. The average molecular weight is 245 g/mol. The Labute approximate surface area is 86.7 Å². The maximum atomic E-state index is 9.31. The highest BCUT2D eigenvalue weighted by Gasteiger charge is 2.05. The van der Waals surface area contributed by atoms with Crippen LogP contribution in [0, 0.1) is 0 Å². The molecule has 0 aliphatic rings. The molecule has 0 unspecified atom stereocenters. The molecule has 0 aliphatic carbocycles. The minimum absolute atomic E-state index is 0.438. The molecule has 1 aromatic rings. The monoisotopic (exact) mass is 244 g/mol. The lowest BCUT2D eigenvalue weighted by Gasteiger charge is -2.09. The molecule has 0 saturated heterocycles. The van der Waals surface area contributed by atoms with Gasteiger partial charge in [0, 0.05) is 0 Å². The number of rotatable bonds is 3. The lowest BCUT2D eigenvalue weighted by Crippen LogP contribution is -1.95. The maximum absolute atomic E-state index is 9.31. The molecule has 13 heavy (non-hydrogen) atoms. The number of hydrogen-bond donors (Lipinski definition) is 1. The molecule has 2 nitrogen and oxygen atoms in total. The van der Waals surface area contributed by atoms with E-state index in [1.807, 2.05) is 25.1 Å². The van der Waals surface area contributed by atoms with Crippen molar-refractivity contribution in [3.05, 3.63) is 28.2 Å². The first-order valence-corrected chi connectivity index (χ1v) is 5.04. The lowest BCUT2D eigenvalue weighted by atomic mass is 10.1. The van der Waals surface area contributed by atoms with Gasteiger partial charge in [0.25, 0.3) is 0 Å². The number of aliphatic hydroxyl groups is 1. The number of halogens is 1. The summed E-state index contributed by atoms with van der Waals surface area (Å²) in [6.45, 7) is 4.32. The quantitative estimate of drug-likeness (QED) is 0.887. The van der Waals surface area contributed by atoms with Gasteiger partial charge in [0.2, 0.25) is 0 Å². The van der Waals surface area contributed by atoms with E-state index in [0.29, 0.717) is 6.61 Å². The van der Waals surface area contributed by atoms with E-state index >= 15 is 0 Å². The zero-order valence-corrected chi connectivity index (χ0v) is 9.34. The predicted octanol–water partition coefficient (Wildman–Crippen LogP) is 2.90. The van der Waals surface area contributed by atoms with Gasteiger partial charge in [-0.1, -0.05) is 6.07 Å². The minimum atomic E-state index is -0.438. The summed E-state index contributed by atoms with van der Waals surface area (Å²) in [5.41, 5.74) is 0.885. The van der Waals surface area contributed by atoms with Crippen molar-refractivity contribution in [1.29, 1.82) is 0 Å². The third-order valence-corrected chi connectivity index (χ3v) is 2.36. The largest absolute Gasteiger partial charge is 0.493 e. The van der Waals surface area contributed by atoms with E-state index in [1.54, 1.807) is 6.92 Å². The molecule has 0 aliphatic heterocycles. The third kappa shape index (κ3) is 2.71. The Morgan fingerprint density at radius 3 is 2.69 bits per heavy atom. The van der Waals surface area contributed by atoms with Crippen LogP contribution in [0.15, 0.2) is 22.7 Å². The topological polar surface area (TPSA) is 29.5 Å². The molecule has 0 radical (unpaired) electrons. The van der Waals surface area contributed by atoms with E-state index in [9.17, 15) is 5.11 Å². The van der Waals surface area contributed by atoms with Crippen LogP contribution < -0.4 is 4.74 Å². The van der Waals surface area contributed by atoms with Gasteiger partial charge >= 0.3 is 0 Å². The number of hydrogen-bond acceptors (Lipinski definition) is 2. The lowest BCUT2D eigenvalue weighted by molar-refractivity contribution is 0.199. The average Bonchev–Trinajstić information content (AvgIpc) is 2.08. The Balaban J connectivity index is 2.92. The fourth-order valence-electron chi connectivity index (χ4n) is 1.05. The van der Waals surface area contributed by atoms with Crippen LogP contribution in [0.2, 0.25) is 0 Å². The summed E-state index contributed by atoms with van der Waals surface area (Å²) < 4.78 is 6.23. The molecule has 0 fully saturated rings. The van der Waals surface area contributed by atoms with E-state index in [1.165, 1.54) is 0 Å². The third-order valence-electron chi connectivity index (χ3n) is 1.74. The van der Waals surface area contributed by atoms with Gasteiger partial charge in [0.05, 0.1) is 17.2 Å². The molecule has 1 atom stereocenters. The zero-order chi connectivity index (χ0) is 9.84. The van der Waals surface area contributed by atoms with Gasteiger partial charge in [-0.3, -0.25) is 0 Å². The van der Waals surface area contributed by atoms with E-state index < -0.39 is 6.10 Å². The Morgan fingerprint density at radius 1 is 1.54 bits per heavy atom. The minimum Gasteiger partial charge on any atom is -0.493 e. The van der Waals surface area contributed by atoms with E-state index in [2.05, 4.69) is 15.9 Å². The Bertz CT molecular complexity index is 284. The van der Waals surface area contributed by atoms with Crippen LogP contribution >= 0.6 is 15.9 Å². The molecule has 0 spiro atoms. The van der Waals surface area contributed by atoms with Gasteiger partial charge in [-0.2, -0.15) is 0 Å². The number of ether oxygens (including phenoxy) is 1. The summed E-state index contributed by atoms with van der Waals surface area (Å²) in [7, 11) is 0. The van der Waals surface area contributed by atoms with Crippen LogP contribution in [0.1, 0.15) is 25.5 Å². The SMILES string of the molecule is CCOc1ccc([C@H](C)O)cc1Br. The first-order chi connectivity index (χ1) is 6.15. The molecular weight excluding hydrogens is 232 g/mol. The second kappa shape index (κ2) is 4.63. The van der Waals surface area contributed by atoms with Gasteiger partial charge in [0.1, 0.15) is 5.75 Å². The van der Waals surface area contributed by atoms with Crippen LogP contribution in [0.5, 0.6) is 5.75 Å². The predicted molar refractivity (Wildman–Crippen MR) is 55.9 cm³/mol. The number of aliphatic hydroxyl groups excluding tert-OH is 1. The van der Waals surface area contributed by atoms with Gasteiger partial charge in [0.15, 0.2) is 0 Å². The summed E-state index contributed by atoms with van der Waals surface area (Å²) in [4.78, 5) is 0. The van der Waals surface area contributed by atoms with Crippen molar-refractivity contribution in [3.63, 3.8) is 0 Å². The van der Waals surface area contributed by atoms with Gasteiger partial charge < -0.3 is 9.84 Å². The van der Waals surface area contributed by atoms with Crippen molar-refractivity contribution < 1.29 is 9.84 Å². The first-order valence-electron chi connectivity index (χ1n) is 4.25. The van der Waals surface area contributed by atoms with Crippen LogP contribution in [0.25, 0.3) is 0 Å². The van der Waals surface area contributed by atoms with E-state index in [-0.39, 0.29) is 0 Å². The molecule has 0 aromatic heterocycles. The Kier molecular flexibility index (Phi) is 3.75. The van der Waals surface area contributed by atoms with Crippen LogP contribution in [0.4, 0.5) is 0 Å². The van der Waals surface area contributed by atoms with Crippen molar-refractivity contribution in [2.45, 2.75) is 20.0 Å². The standard InChI is InChI=1S/C10H13BrO2/c1-3-13-10-5-4-8(7(2)12)6-9(10)11/h4-7,12H,3H2,1-2H3/t7-/m0/s1. The highest BCUT2D eigenvalue weighted by Crippen LogP contribution is 2.28. The van der Waals surface area contributed by atoms with Crippen molar-refractivity contribution >= 4 is 15.9 Å². The maximum Gasteiger partial charge on any atom is 0.133 e. The van der Waals surface area contributed by atoms with Gasteiger partial charge in [-0.05, 0) is 47.5 Å². The second-order valence-electron chi connectivity index (χ2n) is 2.80. The van der Waals surface area contributed by atoms with Crippen molar-refractivity contribution in [1.82, 2.24) is 0 Å². The molecule has 0 amide bonds. The van der Waals surface area contributed by atoms with Gasteiger partial charge in [-0.15, -0.1) is 0 Å². The molecule has 1 rings (SSSR count). The Morgan fingerprint density at radius 2 is 2.23 bits per heavy atom. The van der Waals surface area contributed by atoms with Crippen LogP contribution in [-0.2, 0) is 0 Å². The number of benzene rings is 1. The summed E-state index contributed by atoms with van der Waals surface area (Å²) in [5, 5.41) is 9.31. The Hall–Kier alpha value is -0.540. The van der Waals surface area contributed by atoms with Gasteiger partial charge in [-0.25, -0.2) is 0 Å². The van der Waals surface area contributed by atoms with E-state index in [0.717, 1.165) is 15.8 Å². The van der Waals surface area contributed by atoms with Crippen LogP contribution in [0.3, 0.4) is 0 Å². The second-order valence-corrected chi connectivity index (χ2v) is 3.65. The molecular formula is C10H13BrO2. The highest BCUT2D eigenvalue weighted by molar-refractivity contribution is 9.10. The smallest absolute Gasteiger partial charge is 0.133 e. The molecule has 0 heterocycles. The summed E-state index contributed by atoms with van der Waals surface area (Å²) in [6.07, 6.45) is -0.438. The van der Waals surface area contributed by atoms with E-state index in [4.69, 9.17) is 4.74 Å². The molecule has 1 aromatic carbocycles. The molecule has 0 bridgehead atoms. The van der Waals surface area contributed by atoms with Crippen LogP contribution in [-0.4, -0.2) is 11.7 Å². The molecule has 3 heteroatoms. The summed E-state index contributed by atoms with van der Waals surface area (Å²) >= 11 is 3.38. The normalized spacial score (nSPS) is 12.6. The highest BCUT2D eigenvalue weighted by atomic mass is 79.9. The fourth-order valence-corrected chi connectivity index (χ4v) is 1.56. The summed E-state index contributed by atoms with van der Waals surface area (Å²) in [6, 6.07) is 5.59. The molecule has 72 valence electrons. The van der Waals surface area contributed by atoms with Crippen molar-refractivity contribution in [2.24, 2.45) is 0 Å². The summed E-state index contributed by atoms with van der Waals surface area (Å²) in [5.74, 6) is 0.812. The molecule has 0 saturated carbocycles. The first kappa shape index (κ1) is 10.5. The zero-order valence-electron chi connectivity index (χ0n) is 7.75.